The average molecular weight is 276 g/mol. The lowest BCUT2D eigenvalue weighted by Crippen LogP contribution is -2.15. The van der Waals surface area contributed by atoms with Gasteiger partial charge in [0.15, 0.2) is 0 Å². The fraction of sp³-hybridized carbons (Fsp3) is 0.0625. The zero-order valence-electron chi connectivity index (χ0n) is 11.4. The molecular formula is C16H12N4O. The van der Waals surface area contributed by atoms with Crippen LogP contribution < -0.4 is 0 Å². The average Bonchev–Trinajstić information content (AvgIpc) is 3.09. The van der Waals surface area contributed by atoms with Crippen molar-refractivity contribution in [1.29, 1.82) is 0 Å². The van der Waals surface area contributed by atoms with E-state index in [0.717, 1.165) is 22.1 Å². The molecular weight excluding hydrogens is 264 g/mol. The van der Waals surface area contributed by atoms with Gasteiger partial charge in [0.2, 0.25) is 5.82 Å². The second kappa shape index (κ2) is 4.28. The number of hydrogen-bond acceptors (Lipinski definition) is 3. The summed E-state index contributed by atoms with van der Waals surface area (Å²) in [7, 11) is 1.85. The van der Waals surface area contributed by atoms with E-state index in [9.17, 15) is 4.79 Å². The molecule has 0 spiro atoms. The van der Waals surface area contributed by atoms with Gasteiger partial charge in [0, 0.05) is 7.05 Å². The van der Waals surface area contributed by atoms with Gasteiger partial charge in [0.1, 0.15) is 6.33 Å². The number of benzene rings is 2. The number of hydrogen-bond donors (Lipinski definition) is 0. The Balaban J connectivity index is 1.92. The largest absolute Gasteiger partial charge is 0.323 e. The van der Waals surface area contributed by atoms with Gasteiger partial charge in [-0.25, -0.2) is 9.97 Å². The van der Waals surface area contributed by atoms with Gasteiger partial charge in [-0.2, -0.15) is 0 Å². The maximum Gasteiger partial charge on any atom is 0.299 e. The van der Waals surface area contributed by atoms with Crippen LogP contribution in [0.2, 0.25) is 0 Å². The number of carbonyl (C=O) groups is 1. The van der Waals surface area contributed by atoms with Crippen molar-refractivity contribution in [3.05, 3.63) is 60.7 Å². The molecule has 0 atom stereocenters. The molecule has 5 nitrogen and oxygen atoms in total. The fourth-order valence-corrected chi connectivity index (χ4v) is 2.57. The normalized spacial score (nSPS) is 11.3. The molecule has 0 unspecified atom stereocenters. The third kappa shape index (κ3) is 1.67. The minimum Gasteiger partial charge on any atom is -0.323 e. The molecule has 0 aliphatic heterocycles. The van der Waals surface area contributed by atoms with Crippen LogP contribution in [0, 0.1) is 0 Å². The van der Waals surface area contributed by atoms with E-state index in [-0.39, 0.29) is 5.91 Å². The summed E-state index contributed by atoms with van der Waals surface area (Å²) in [6, 6.07) is 15.3. The molecule has 0 saturated carbocycles. The molecule has 0 radical (unpaired) electrons. The van der Waals surface area contributed by atoms with Crippen LogP contribution in [0.5, 0.6) is 0 Å². The van der Waals surface area contributed by atoms with Gasteiger partial charge in [-0.15, -0.1) is 0 Å². The van der Waals surface area contributed by atoms with Gasteiger partial charge in [-0.05, 0) is 24.3 Å². The number of imidazole rings is 2. The molecule has 0 fully saturated rings. The molecule has 5 heteroatoms. The van der Waals surface area contributed by atoms with Crippen molar-refractivity contribution in [2.45, 2.75) is 0 Å². The summed E-state index contributed by atoms with van der Waals surface area (Å²) in [5, 5.41) is 0. The van der Waals surface area contributed by atoms with Crippen LogP contribution in [-0.2, 0) is 7.05 Å². The molecule has 2 heterocycles. The summed E-state index contributed by atoms with van der Waals surface area (Å²) in [6.07, 6.45) is 1.55. The van der Waals surface area contributed by atoms with E-state index < -0.39 is 0 Å². The molecule has 0 amide bonds. The summed E-state index contributed by atoms with van der Waals surface area (Å²) >= 11 is 0. The lowest BCUT2D eigenvalue weighted by atomic mass is 10.3. The third-order valence-corrected chi connectivity index (χ3v) is 3.65. The summed E-state index contributed by atoms with van der Waals surface area (Å²) in [6.45, 7) is 0. The van der Waals surface area contributed by atoms with E-state index in [2.05, 4.69) is 9.97 Å². The maximum atomic E-state index is 12.8. The van der Waals surface area contributed by atoms with Crippen LogP contribution in [0.3, 0.4) is 0 Å². The number of nitrogens with zero attached hydrogens (tertiary/aromatic N) is 4. The van der Waals surface area contributed by atoms with E-state index in [1.807, 2.05) is 60.1 Å². The molecule has 2 aromatic carbocycles. The molecule has 21 heavy (non-hydrogen) atoms. The molecule has 0 saturated heterocycles. The van der Waals surface area contributed by atoms with Gasteiger partial charge in [0.25, 0.3) is 5.91 Å². The summed E-state index contributed by atoms with van der Waals surface area (Å²) < 4.78 is 3.35. The maximum absolute atomic E-state index is 12.8. The Kier molecular flexibility index (Phi) is 2.41. The minimum absolute atomic E-state index is 0.178. The highest BCUT2D eigenvalue weighted by atomic mass is 16.2. The number of rotatable bonds is 1. The van der Waals surface area contributed by atoms with Gasteiger partial charge in [-0.3, -0.25) is 9.36 Å². The minimum atomic E-state index is -0.178. The molecule has 102 valence electrons. The van der Waals surface area contributed by atoms with Gasteiger partial charge >= 0.3 is 0 Å². The lowest BCUT2D eigenvalue weighted by Gasteiger charge is -2.03. The standard InChI is InChI=1S/C16H12N4O/c1-19-13-8-4-3-7-12(13)18-15(19)16(21)20-10-17-11-6-2-5-9-14(11)20/h2-10H,1H3. The number of para-hydroxylation sites is 4. The SMILES string of the molecule is Cn1c(C(=O)n2cnc3ccccc32)nc2ccccc21. The van der Waals surface area contributed by atoms with E-state index in [1.165, 1.54) is 4.57 Å². The lowest BCUT2D eigenvalue weighted by molar-refractivity contribution is 0.0951. The number of aryl methyl sites for hydroxylation is 1. The second-order valence-electron chi connectivity index (χ2n) is 4.89. The van der Waals surface area contributed by atoms with E-state index in [1.54, 1.807) is 6.33 Å². The third-order valence-electron chi connectivity index (χ3n) is 3.65. The zero-order chi connectivity index (χ0) is 14.4. The first-order valence-corrected chi connectivity index (χ1v) is 6.64. The van der Waals surface area contributed by atoms with Crippen LogP contribution >= 0.6 is 0 Å². The van der Waals surface area contributed by atoms with Crippen LogP contribution in [0.4, 0.5) is 0 Å². The van der Waals surface area contributed by atoms with Gasteiger partial charge in [0.05, 0.1) is 22.1 Å². The Morgan fingerprint density at radius 1 is 0.952 bits per heavy atom. The van der Waals surface area contributed by atoms with Crippen molar-refractivity contribution >= 4 is 28.0 Å². The van der Waals surface area contributed by atoms with Crippen LogP contribution in [0.1, 0.15) is 10.6 Å². The van der Waals surface area contributed by atoms with Gasteiger partial charge in [-0.1, -0.05) is 24.3 Å². The van der Waals surface area contributed by atoms with E-state index in [0.29, 0.717) is 5.82 Å². The Morgan fingerprint density at radius 3 is 2.38 bits per heavy atom. The summed E-state index contributed by atoms with van der Waals surface area (Å²) in [5.41, 5.74) is 3.33. The number of fused-ring (bicyclic) bond motifs is 2. The van der Waals surface area contributed by atoms with Gasteiger partial charge < -0.3 is 4.57 Å². The highest BCUT2D eigenvalue weighted by Crippen LogP contribution is 2.17. The molecule has 0 bridgehead atoms. The summed E-state index contributed by atoms with van der Waals surface area (Å²) in [5.74, 6) is 0.224. The topological polar surface area (TPSA) is 52.7 Å². The Morgan fingerprint density at radius 2 is 1.62 bits per heavy atom. The highest BCUT2D eigenvalue weighted by molar-refractivity contribution is 6.00. The molecule has 0 N–H and O–H groups in total. The monoisotopic (exact) mass is 276 g/mol. The molecule has 0 aliphatic rings. The highest BCUT2D eigenvalue weighted by Gasteiger charge is 2.18. The first-order chi connectivity index (χ1) is 10.3. The first kappa shape index (κ1) is 11.8. The van der Waals surface area contributed by atoms with Crippen molar-refractivity contribution < 1.29 is 4.79 Å². The predicted molar refractivity (Wildman–Crippen MR) is 80.2 cm³/mol. The van der Waals surface area contributed by atoms with Crippen molar-refractivity contribution in [2.75, 3.05) is 0 Å². The Hall–Kier alpha value is -2.95. The van der Waals surface area contributed by atoms with E-state index in [4.69, 9.17) is 0 Å². The Bertz CT molecular complexity index is 980. The number of carbonyl (C=O) groups excluding carboxylic acids is 1. The first-order valence-electron chi connectivity index (χ1n) is 6.64. The zero-order valence-corrected chi connectivity index (χ0v) is 11.4. The quantitative estimate of drug-likeness (QED) is 0.537. The van der Waals surface area contributed by atoms with Crippen molar-refractivity contribution in [3.63, 3.8) is 0 Å². The number of aromatic nitrogens is 4. The van der Waals surface area contributed by atoms with E-state index >= 15 is 0 Å². The molecule has 2 aromatic heterocycles. The van der Waals surface area contributed by atoms with Crippen LogP contribution in [0.25, 0.3) is 22.1 Å². The van der Waals surface area contributed by atoms with Crippen molar-refractivity contribution in [2.24, 2.45) is 7.05 Å². The molecule has 0 aliphatic carbocycles. The smallest absolute Gasteiger partial charge is 0.299 e. The molecule has 4 aromatic rings. The second-order valence-corrected chi connectivity index (χ2v) is 4.89. The van der Waals surface area contributed by atoms with Crippen LogP contribution in [-0.4, -0.2) is 25.0 Å². The summed E-state index contributed by atoms with van der Waals surface area (Å²) in [4.78, 5) is 21.4. The Labute approximate surface area is 120 Å². The molecule has 4 rings (SSSR count). The van der Waals surface area contributed by atoms with Crippen LogP contribution in [0.15, 0.2) is 54.9 Å². The fourth-order valence-electron chi connectivity index (χ4n) is 2.57. The predicted octanol–water partition coefficient (Wildman–Crippen LogP) is 2.61. The van der Waals surface area contributed by atoms with Crippen molar-refractivity contribution in [1.82, 2.24) is 19.1 Å². The van der Waals surface area contributed by atoms with Crippen molar-refractivity contribution in [3.8, 4) is 0 Å².